The highest BCUT2D eigenvalue weighted by molar-refractivity contribution is 5.77. The Kier molecular flexibility index (Phi) is 16.9. The summed E-state index contributed by atoms with van der Waals surface area (Å²) in [5.41, 5.74) is -0.0188. The molecule has 176 valence electrons. The molecule has 0 rings (SSSR count). The minimum absolute atomic E-state index is 0.0188. The van der Waals surface area contributed by atoms with Crippen LogP contribution in [0, 0.1) is 17.3 Å². The summed E-state index contributed by atoms with van der Waals surface area (Å²) in [5, 5.41) is 9.47. The van der Waals surface area contributed by atoms with Crippen molar-refractivity contribution in [2.75, 3.05) is 0 Å². The number of hydrogen-bond donors (Lipinski definition) is 1. The fourth-order valence-corrected chi connectivity index (χ4v) is 4.27. The molecule has 0 aliphatic carbocycles. The monoisotopic (exact) mass is 422 g/mol. The Morgan fingerprint density at radius 2 is 1.47 bits per heavy atom. The van der Waals surface area contributed by atoms with Crippen molar-refractivity contribution in [1.29, 1.82) is 0 Å². The number of hydrogen-bond acceptors (Lipinski definition) is 2. The first kappa shape index (κ1) is 28.9. The number of carbonyl (C=O) groups is 2. The zero-order valence-corrected chi connectivity index (χ0v) is 20.7. The molecule has 3 heteroatoms. The molecule has 0 aromatic heterocycles. The molecule has 0 aliphatic heterocycles. The lowest BCUT2D eigenvalue weighted by Gasteiger charge is -2.35. The first-order chi connectivity index (χ1) is 14.2. The van der Waals surface area contributed by atoms with E-state index in [4.69, 9.17) is 0 Å². The molecule has 0 aliphatic rings. The molecule has 2 unspecified atom stereocenters. The van der Waals surface area contributed by atoms with Crippen LogP contribution in [0.3, 0.4) is 0 Å². The van der Waals surface area contributed by atoms with Crippen LogP contribution in [0.5, 0.6) is 0 Å². The highest BCUT2D eigenvalue weighted by Gasteiger charge is 2.32. The van der Waals surface area contributed by atoms with Crippen molar-refractivity contribution in [1.82, 2.24) is 0 Å². The molecular weight excluding hydrogens is 372 g/mol. The van der Waals surface area contributed by atoms with E-state index >= 15 is 0 Å². The Hall–Kier alpha value is -1.12. The zero-order valence-electron chi connectivity index (χ0n) is 20.7. The van der Waals surface area contributed by atoms with Crippen LogP contribution in [-0.2, 0) is 9.59 Å². The van der Waals surface area contributed by atoms with Gasteiger partial charge in [0.1, 0.15) is 5.78 Å². The second-order valence-electron chi connectivity index (χ2n) is 10.1. The maximum atomic E-state index is 11.5. The standard InChI is InChI=1S/C27H50O3/c1-6-8-9-10-11-13-16-19-23(25(22-26(29)30)27(3,4)5)20-17-14-12-15-18-21-24(28)7-2/h16,19,23,25H,6-15,17-18,20-22H2,1-5H3,(H,29,30)/b19-16+. The van der Waals surface area contributed by atoms with Gasteiger partial charge in [-0.25, -0.2) is 0 Å². The van der Waals surface area contributed by atoms with Gasteiger partial charge in [0.05, 0.1) is 0 Å². The Morgan fingerprint density at radius 1 is 0.867 bits per heavy atom. The summed E-state index contributed by atoms with van der Waals surface area (Å²) in [4.78, 5) is 22.9. The van der Waals surface area contributed by atoms with Crippen LogP contribution in [0.25, 0.3) is 0 Å². The number of allylic oxidation sites excluding steroid dienone is 2. The summed E-state index contributed by atoms with van der Waals surface area (Å²) in [6.45, 7) is 10.7. The van der Waals surface area contributed by atoms with Crippen LogP contribution in [0.2, 0.25) is 0 Å². The van der Waals surface area contributed by atoms with Gasteiger partial charge in [-0.2, -0.15) is 0 Å². The largest absolute Gasteiger partial charge is 0.481 e. The Labute approximate surface area is 187 Å². The lowest BCUT2D eigenvalue weighted by Crippen LogP contribution is -2.29. The normalized spacial score (nSPS) is 14.2. The van der Waals surface area contributed by atoms with Crippen LogP contribution >= 0.6 is 0 Å². The molecule has 0 aromatic rings. The van der Waals surface area contributed by atoms with Gasteiger partial charge in [-0.15, -0.1) is 0 Å². The lowest BCUT2D eigenvalue weighted by atomic mass is 9.69. The molecule has 0 aromatic carbocycles. The van der Waals surface area contributed by atoms with E-state index in [1.54, 1.807) is 0 Å². The SMILES string of the molecule is CCCCCCC/C=C/C(CCCCCCCC(=O)CC)C(CC(=O)O)C(C)(C)C. The Morgan fingerprint density at radius 3 is 2.07 bits per heavy atom. The van der Waals surface area contributed by atoms with Gasteiger partial charge in [-0.05, 0) is 42.9 Å². The summed E-state index contributed by atoms with van der Waals surface area (Å²) < 4.78 is 0. The zero-order chi connectivity index (χ0) is 22.8. The van der Waals surface area contributed by atoms with Crippen molar-refractivity contribution in [3.05, 3.63) is 12.2 Å². The van der Waals surface area contributed by atoms with E-state index in [1.807, 2.05) is 6.92 Å². The van der Waals surface area contributed by atoms with Gasteiger partial charge in [0.25, 0.3) is 0 Å². The van der Waals surface area contributed by atoms with Gasteiger partial charge in [-0.1, -0.05) is 98.1 Å². The molecule has 0 radical (unpaired) electrons. The van der Waals surface area contributed by atoms with Gasteiger partial charge in [0, 0.05) is 19.3 Å². The van der Waals surface area contributed by atoms with Gasteiger partial charge in [0.2, 0.25) is 0 Å². The predicted octanol–water partition coefficient (Wildman–Crippen LogP) is 8.37. The summed E-state index contributed by atoms with van der Waals surface area (Å²) in [6, 6.07) is 0. The third kappa shape index (κ3) is 15.7. The molecule has 1 N–H and O–H groups in total. The number of carboxylic acid groups (broad SMARTS) is 1. The average molecular weight is 423 g/mol. The van der Waals surface area contributed by atoms with E-state index in [-0.39, 0.29) is 17.8 Å². The maximum Gasteiger partial charge on any atom is 0.303 e. The van der Waals surface area contributed by atoms with Crippen LogP contribution < -0.4 is 0 Å². The number of carboxylic acids is 1. The van der Waals surface area contributed by atoms with E-state index in [0.29, 0.717) is 18.1 Å². The quantitative estimate of drug-likeness (QED) is 0.168. The minimum Gasteiger partial charge on any atom is -0.481 e. The second-order valence-corrected chi connectivity index (χ2v) is 10.1. The van der Waals surface area contributed by atoms with E-state index in [9.17, 15) is 14.7 Å². The molecule has 0 bridgehead atoms. The third-order valence-corrected chi connectivity index (χ3v) is 6.27. The van der Waals surface area contributed by atoms with Crippen LogP contribution in [0.15, 0.2) is 12.2 Å². The molecule has 0 saturated carbocycles. The van der Waals surface area contributed by atoms with Crippen molar-refractivity contribution in [2.24, 2.45) is 17.3 Å². The van der Waals surface area contributed by atoms with Gasteiger partial charge >= 0.3 is 5.97 Å². The van der Waals surface area contributed by atoms with E-state index < -0.39 is 5.97 Å². The lowest BCUT2D eigenvalue weighted by molar-refractivity contribution is -0.139. The Balaban J connectivity index is 4.62. The number of aliphatic carboxylic acids is 1. The van der Waals surface area contributed by atoms with E-state index in [1.165, 1.54) is 44.9 Å². The van der Waals surface area contributed by atoms with Gasteiger partial charge in [-0.3, -0.25) is 9.59 Å². The average Bonchev–Trinajstić information content (AvgIpc) is 2.68. The number of ketones is 1. The van der Waals surface area contributed by atoms with Crippen molar-refractivity contribution in [3.8, 4) is 0 Å². The fraction of sp³-hybridized carbons (Fsp3) is 0.852. The van der Waals surface area contributed by atoms with Crippen molar-refractivity contribution < 1.29 is 14.7 Å². The third-order valence-electron chi connectivity index (χ3n) is 6.27. The minimum atomic E-state index is -0.687. The molecule has 0 fully saturated rings. The summed E-state index contributed by atoms with van der Waals surface area (Å²) in [6.07, 6.45) is 20.5. The first-order valence-electron chi connectivity index (χ1n) is 12.6. The molecule has 0 saturated heterocycles. The molecule has 0 heterocycles. The van der Waals surface area contributed by atoms with Crippen molar-refractivity contribution >= 4 is 11.8 Å². The van der Waals surface area contributed by atoms with Gasteiger partial charge < -0.3 is 5.11 Å². The smallest absolute Gasteiger partial charge is 0.303 e. The van der Waals surface area contributed by atoms with Crippen molar-refractivity contribution in [3.63, 3.8) is 0 Å². The van der Waals surface area contributed by atoms with E-state index in [0.717, 1.165) is 38.5 Å². The molecule has 0 amide bonds. The van der Waals surface area contributed by atoms with E-state index in [2.05, 4.69) is 39.8 Å². The predicted molar refractivity (Wildman–Crippen MR) is 129 cm³/mol. The molecule has 30 heavy (non-hydrogen) atoms. The van der Waals surface area contributed by atoms with Crippen LogP contribution in [-0.4, -0.2) is 16.9 Å². The van der Waals surface area contributed by atoms with Crippen LogP contribution in [0.1, 0.15) is 131 Å². The maximum absolute atomic E-state index is 11.5. The van der Waals surface area contributed by atoms with Gasteiger partial charge in [0.15, 0.2) is 0 Å². The first-order valence-corrected chi connectivity index (χ1v) is 12.6. The number of carbonyl (C=O) groups excluding carboxylic acids is 1. The highest BCUT2D eigenvalue weighted by atomic mass is 16.4. The number of rotatable bonds is 19. The molecule has 2 atom stereocenters. The topological polar surface area (TPSA) is 54.4 Å². The Bertz CT molecular complexity index is 473. The number of Topliss-reactive ketones (excluding diaryl/α,β-unsaturated/α-hetero) is 1. The summed E-state index contributed by atoms with van der Waals surface area (Å²) in [7, 11) is 0. The molecular formula is C27H50O3. The highest BCUT2D eigenvalue weighted by Crippen LogP contribution is 2.38. The summed E-state index contributed by atoms with van der Waals surface area (Å²) in [5.74, 6) is 0.178. The molecule has 3 nitrogen and oxygen atoms in total. The second kappa shape index (κ2) is 17.5. The molecule has 0 spiro atoms. The van der Waals surface area contributed by atoms with Crippen molar-refractivity contribution in [2.45, 2.75) is 131 Å². The fourth-order valence-electron chi connectivity index (χ4n) is 4.27. The summed E-state index contributed by atoms with van der Waals surface area (Å²) >= 11 is 0. The number of unbranched alkanes of at least 4 members (excludes halogenated alkanes) is 9. The van der Waals surface area contributed by atoms with Crippen LogP contribution in [0.4, 0.5) is 0 Å².